The Labute approximate surface area is 172 Å². The van der Waals surface area contributed by atoms with Crippen molar-refractivity contribution >= 4 is 33.2 Å². The van der Waals surface area contributed by atoms with E-state index in [2.05, 4.69) is 10.4 Å². The van der Waals surface area contributed by atoms with Crippen LogP contribution in [-0.4, -0.2) is 42.1 Å². The third kappa shape index (κ3) is 3.84. The molecule has 2 heterocycles. The van der Waals surface area contributed by atoms with Gasteiger partial charge in [-0.15, -0.1) is 0 Å². The molecule has 29 heavy (non-hydrogen) atoms. The van der Waals surface area contributed by atoms with Crippen LogP contribution in [0.1, 0.15) is 5.56 Å². The predicted octanol–water partition coefficient (Wildman–Crippen LogP) is 2.68. The molecular formula is C19H17ClN4O4S. The van der Waals surface area contributed by atoms with E-state index in [0.29, 0.717) is 5.69 Å². The van der Waals surface area contributed by atoms with Gasteiger partial charge in [-0.2, -0.15) is 9.40 Å². The Morgan fingerprint density at radius 1 is 1.28 bits per heavy atom. The van der Waals surface area contributed by atoms with E-state index in [1.165, 1.54) is 23.5 Å². The van der Waals surface area contributed by atoms with Gasteiger partial charge in [-0.25, -0.2) is 13.1 Å². The van der Waals surface area contributed by atoms with E-state index in [-0.39, 0.29) is 34.7 Å². The second-order valence-corrected chi connectivity index (χ2v) is 8.93. The van der Waals surface area contributed by atoms with Crippen LogP contribution in [-0.2, 0) is 21.4 Å². The fourth-order valence-electron chi connectivity index (χ4n) is 2.95. The Morgan fingerprint density at radius 2 is 2.03 bits per heavy atom. The highest BCUT2D eigenvalue weighted by Crippen LogP contribution is 2.36. The maximum Gasteiger partial charge on any atom is 0.262 e. The largest absolute Gasteiger partial charge is 0.482 e. The van der Waals surface area contributed by atoms with Crippen LogP contribution in [0.5, 0.6) is 5.75 Å². The average Bonchev–Trinajstić information content (AvgIpc) is 3.16. The second kappa shape index (κ2) is 7.51. The normalized spacial score (nSPS) is 13.7. The fourth-order valence-corrected chi connectivity index (χ4v) is 4.63. The number of nitrogens with zero attached hydrogens (tertiary/aromatic N) is 3. The molecule has 0 aliphatic carbocycles. The SMILES string of the molecule is CN(Cc1cnn(-c2ccccc2)c1)S(=O)(=O)c1cc2c(cc1Cl)NC(=O)CO2. The van der Waals surface area contributed by atoms with Crippen LogP contribution in [0.25, 0.3) is 5.69 Å². The summed E-state index contributed by atoms with van der Waals surface area (Å²) in [4.78, 5) is 11.3. The van der Waals surface area contributed by atoms with Gasteiger partial charge in [-0.3, -0.25) is 4.79 Å². The molecule has 8 nitrogen and oxygen atoms in total. The molecule has 0 fully saturated rings. The zero-order chi connectivity index (χ0) is 20.6. The van der Waals surface area contributed by atoms with Crippen molar-refractivity contribution in [1.82, 2.24) is 14.1 Å². The Bertz CT molecular complexity index is 1180. The van der Waals surface area contributed by atoms with Gasteiger partial charge < -0.3 is 10.1 Å². The molecule has 1 aromatic heterocycles. The van der Waals surface area contributed by atoms with Crippen molar-refractivity contribution < 1.29 is 17.9 Å². The highest BCUT2D eigenvalue weighted by atomic mass is 35.5. The topological polar surface area (TPSA) is 93.5 Å². The number of carbonyl (C=O) groups excluding carboxylic acids is 1. The molecule has 4 rings (SSSR count). The quantitative estimate of drug-likeness (QED) is 0.669. The summed E-state index contributed by atoms with van der Waals surface area (Å²) in [7, 11) is -2.43. The molecule has 2 aromatic carbocycles. The third-order valence-electron chi connectivity index (χ3n) is 4.42. The van der Waals surface area contributed by atoms with E-state index < -0.39 is 10.0 Å². The molecular weight excluding hydrogens is 416 g/mol. The molecule has 0 saturated carbocycles. The summed E-state index contributed by atoms with van der Waals surface area (Å²) in [6, 6.07) is 12.2. The number of benzene rings is 2. The van der Waals surface area contributed by atoms with Crippen molar-refractivity contribution in [2.75, 3.05) is 19.0 Å². The van der Waals surface area contributed by atoms with Crippen molar-refractivity contribution in [3.8, 4) is 11.4 Å². The van der Waals surface area contributed by atoms with Crippen LogP contribution < -0.4 is 10.1 Å². The molecule has 0 saturated heterocycles. The molecule has 3 aromatic rings. The molecule has 0 bridgehead atoms. The number of rotatable bonds is 5. The Morgan fingerprint density at radius 3 is 2.79 bits per heavy atom. The van der Waals surface area contributed by atoms with Crippen LogP contribution in [0.3, 0.4) is 0 Å². The first-order valence-corrected chi connectivity index (χ1v) is 10.5. The smallest absolute Gasteiger partial charge is 0.262 e. The number of ether oxygens (including phenoxy) is 1. The van der Waals surface area contributed by atoms with E-state index in [0.717, 1.165) is 11.3 Å². The summed E-state index contributed by atoms with van der Waals surface area (Å²) in [5.41, 5.74) is 1.94. The van der Waals surface area contributed by atoms with Gasteiger partial charge in [0.15, 0.2) is 6.61 Å². The van der Waals surface area contributed by atoms with Crippen molar-refractivity contribution in [2.24, 2.45) is 0 Å². The van der Waals surface area contributed by atoms with Crippen molar-refractivity contribution in [1.29, 1.82) is 0 Å². The van der Waals surface area contributed by atoms with Crippen LogP contribution >= 0.6 is 11.6 Å². The Balaban J connectivity index is 1.58. The zero-order valence-electron chi connectivity index (χ0n) is 15.4. The van der Waals surface area contributed by atoms with Gasteiger partial charge in [-0.1, -0.05) is 29.8 Å². The lowest BCUT2D eigenvalue weighted by molar-refractivity contribution is -0.118. The van der Waals surface area contributed by atoms with Crippen molar-refractivity contribution in [3.63, 3.8) is 0 Å². The molecule has 1 aliphatic heterocycles. The lowest BCUT2D eigenvalue weighted by Crippen LogP contribution is -2.28. The number of anilines is 1. The molecule has 1 aliphatic rings. The second-order valence-electron chi connectivity index (χ2n) is 6.51. The van der Waals surface area contributed by atoms with E-state index in [9.17, 15) is 13.2 Å². The van der Waals surface area contributed by atoms with Gasteiger partial charge in [0.05, 0.1) is 22.6 Å². The molecule has 1 N–H and O–H groups in total. The van der Waals surface area contributed by atoms with Gasteiger partial charge in [-0.05, 0) is 18.2 Å². The van der Waals surface area contributed by atoms with Crippen molar-refractivity contribution in [2.45, 2.75) is 11.4 Å². The number of para-hydroxylation sites is 1. The molecule has 1 amide bonds. The highest BCUT2D eigenvalue weighted by molar-refractivity contribution is 7.89. The van der Waals surface area contributed by atoms with E-state index in [1.807, 2.05) is 30.3 Å². The predicted molar refractivity (Wildman–Crippen MR) is 108 cm³/mol. The average molecular weight is 433 g/mol. The number of carbonyl (C=O) groups is 1. The maximum absolute atomic E-state index is 13.1. The summed E-state index contributed by atoms with van der Waals surface area (Å²) in [5.74, 6) is -0.0606. The number of halogens is 1. The first kappa shape index (κ1) is 19.4. The molecule has 10 heteroatoms. The van der Waals surface area contributed by atoms with Crippen LogP contribution in [0.15, 0.2) is 59.8 Å². The molecule has 0 radical (unpaired) electrons. The number of hydrogen-bond donors (Lipinski definition) is 1. The number of sulfonamides is 1. The highest BCUT2D eigenvalue weighted by Gasteiger charge is 2.28. The minimum absolute atomic E-state index is 0.00128. The lowest BCUT2D eigenvalue weighted by atomic mass is 10.2. The first-order valence-electron chi connectivity index (χ1n) is 8.66. The van der Waals surface area contributed by atoms with Gasteiger partial charge >= 0.3 is 0 Å². The summed E-state index contributed by atoms with van der Waals surface area (Å²) in [5, 5.41) is 6.89. The monoisotopic (exact) mass is 432 g/mol. The maximum atomic E-state index is 13.1. The standard InChI is InChI=1S/C19H17ClN4O4S/c1-23(10-13-9-21-24(11-13)14-5-3-2-4-6-14)29(26,27)18-8-17-16(7-15(18)20)22-19(25)12-28-17/h2-9,11H,10,12H2,1H3,(H,22,25). The van der Waals surface area contributed by atoms with Gasteiger partial charge in [0, 0.05) is 31.4 Å². The Hall–Kier alpha value is -2.88. The molecule has 0 unspecified atom stereocenters. The third-order valence-corrected chi connectivity index (χ3v) is 6.69. The Kier molecular flexibility index (Phi) is 5.03. The minimum Gasteiger partial charge on any atom is -0.482 e. The van der Waals surface area contributed by atoms with E-state index in [1.54, 1.807) is 17.1 Å². The summed E-state index contributed by atoms with van der Waals surface area (Å²) < 4.78 is 34.3. The van der Waals surface area contributed by atoms with Crippen LogP contribution in [0, 0.1) is 0 Å². The number of amides is 1. The van der Waals surface area contributed by atoms with Crippen LogP contribution in [0.2, 0.25) is 5.02 Å². The number of fused-ring (bicyclic) bond motifs is 1. The summed E-state index contributed by atoms with van der Waals surface area (Å²) >= 11 is 6.20. The van der Waals surface area contributed by atoms with Gasteiger partial charge in [0.1, 0.15) is 10.6 Å². The first-order chi connectivity index (χ1) is 13.8. The fraction of sp³-hybridized carbons (Fsp3) is 0.158. The summed E-state index contributed by atoms with van der Waals surface area (Å²) in [6.07, 6.45) is 3.39. The lowest BCUT2D eigenvalue weighted by Gasteiger charge is -2.22. The molecule has 0 atom stereocenters. The molecule has 0 spiro atoms. The molecule has 150 valence electrons. The van der Waals surface area contributed by atoms with Gasteiger partial charge in [0.2, 0.25) is 10.0 Å². The minimum atomic E-state index is -3.90. The number of nitrogens with one attached hydrogen (secondary N) is 1. The zero-order valence-corrected chi connectivity index (χ0v) is 16.9. The number of aromatic nitrogens is 2. The van der Waals surface area contributed by atoms with Crippen molar-refractivity contribution in [3.05, 3.63) is 65.4 Å². The van der Waals surface area contributed by atoms with Gasteiger partial charge in [0.25, 0.3) is 5.91 Å². The van der Waals surface area contributed by atoms with E-state index >= 15 is 0 Å². The van der Waals surface area contributed by atoms with Crippen LogP contribution in [0.4, 0.5) is 5.69 Å². The number of hydrogen-bond acceptors (Lipinski definition) is 5. The summed E-state index contributed by atoms with van der Waals surface area (Å²) in [6.45, 7) is -0.0667. The van der Waals surface area contributed by atoms with E-state index in [4.69, 9.17) is 16.3 Å².